The normalized spacial score (nSPS) is 33.3. The Morgan fingerprint density at radius 1 is 1.33 bits per heavy atom. The largest absolute Gasteiger partial charge is 0.487 e. The van der Waals surface area contributed by atoms with Gasteiger partial charge in [0.05, 0.1) is 31.1 Å². The fourth-order valence-corrected chi connectivity index (χ4v) is 4.54. The number of allylic oxidation sites excluding steroid dienone is 1. The molecular weight excluding hydrogens is 352 g/mol. The highest BCUT2D eigenvalue weighted by atomic mass is 35.5. The minimum atomic E-state index is -3.18. The second-order valence-electron chi connectivity index (χ2n) is 6.78. The average molecular weight is 375 g/mol. The third kappa shape index (κ3) is 3.63. The summed E-state index contributed by atoms with van der Waals surface area (Å²) in [6.07, 6.45) is 3.72. The molecule has 0 saturated carbocycles. The van der Waals surface area contributed by atoms with E-state index in [1.165, 1.54) is 6.26 Å². The van der Waals surface area contributed by atoms with Crippen LogP contribution in [0.25, 0.3) is 0 Å². The number of nitrogens with zero attached hydrogens (tertiary/aromatic N) is 2. The van der Waals surface area contributed by atoms with Gasteiger partial charge in [0.15, 0.2) is 21.4 Å². The van der Waals surface area contributed by atoms with Crippen molar-refractivity contribution in [2.75, 3.05) is 31.8 Å². The summed E-state index contributed by atoms with van der Waals surface area (Å²) in [6.45, 7) is 5.68. The summed E-state index contributed by atoms with van der Waals surface area (Å²) in [5.41, 5.74) is 0.772. The Hall–Kier alpha value is -1.05. The number of sulfone groups is 1. The Morgan fingerprint density at radius 2 is 2.08 bits per heavy atom. The molecule has 0 aromatic rings. The second kappa shape index (κ2) is 6.69. The Balaban J connectivity index is 2.12. The summed E-state index contributed by atoms with van der Waals surface area (Å²) < 4.78 is 35.4. The van der Waals surface area contributed by atoms with Gasteiger partial charge in [-0.2, -0.15) is 0 Å². The summed E-state index contributed by atoms with van der Waals surface area (Å²) in [5, 5.41) is 0.413. The van der Waals surface area contributed by atoms with Gasteiger partial charge in [-0.15, -0.1) is 0 Å². The first-order valence-corrected chi connectivity index (χ1v) is 10.5. The maximum Gasteiger partial charge on any atom is 0.173 e. The monoisotopic (exact) mass is 374 g/mol. The van der Waals surface area contributed by atoms with Gasteiger partial charge in [-0.1, -0.05) is 18.5 Å². The van der Waals surface area contributed by atoms with Crippen molar-refractivity contribution in [1.29, 1.82) is 0 Å². The molecule has 0 radical (unpaired) electrons. The van der Waals surface area contributed by atoms with Crippen molar-refractivity contribution in [3.8, 4) is 0 Å². The SMILES string of the molecule is CC1C/C=C(\Cl)N=C2C(=C1CS(C)(=O)=O)OC[C@H]1COC[C@H](C)N21. The lowest BCUT2D eigenvalue weighted by Crippen LogP contribution is -2.59. The van der Waals surface area contributed by atoms with Gasteiger partial charge >= 0.3 is 0 Å². The summed E-state index contributed by atoms with van der Waals surface area (Å²) in [7, 11) is -3.18. The summed E-state index contributed by atoms with van der Waals surface area (Å²) >= 11 is 6.26. The van der Waals surface area contributed by atoms with Gasteiger partial charge in [0.25, 0.3) is 0 Å². The molecule has 0 amide bonds. The van der Waals surface area contributed by atoms with Crippen LogP contribution < -0.4 is 0 Å². The molecule has 2 fully saturated rings. The second-order valence-corrected chi connectivity index (χ2v) is 9.31. The highest BCUT2D eigenvalue weighted by Crippen LogP contribution is 2.33. The van der Waals surface area contributed by atoms with E-state index in [-0.39, 0.29) is 23.8 Å². The number of ether oxygens (including phenoxy) is 2. The van der Waals surface area contributed by atoms with Crippen molar-refractivity contribution >= 4 is 27.3 Å². The fourth-order valence-electron chi connectivity index (χ4n) is 3.39. The standard InChI is InChI=1S/C16H23ClN2O4S/c1-10-4-5-14(17)18-16-15(13(10)9-24(3,20)21)23-8-12-7-22-6-11(2)19(12)16/h5,10-12H,4,6-9H2,1-3H3/b14-5+,15-13?,18-16?/t10?,11-,12+/m0/s1. The Labute approximate surface area is 148 Å². The zero-order chi connectivity index (χ0) is 17.5. The number of hydrogen-bond donors (Lipinski definition) is 0. The number of aliphatic imine (C=N–C) groups is 1. The van der Waals surface area contributed by atoms with Gasteiger partial charge in [0.1, 0.15) is 11.8 Å². The molecular formula is C16H23ClN2O4S. The molecule has 24 heavy (non-hydrogen) atoms. The first-order chi connectivity index (χ1) is 11.3. The maximum absolute atomic E-state index is 11.9. The highest BCUT2D eigenvalue weighted by Gasteiger charge is 2.40. The number of halogens is 1. The molecule has 3 aliphatic rings. The molecule has 0 bridgehead atoms. The van der Waals surface area contributed by atoms with Crippen LogP contribution >= 0.6 is 11.6 Å². The predicted octanol–water partition coefficient (Wildman–Crippen LogP) is 1.92. The van der Waals surface area contributed by atoms with Crippen molar-refractivity contribution in [3.05, 3.63) is 22.6 Å². The van der Waals surface area contributed by atoms with Crippen molar-refractivity contribution in [3.63, 3.8) is 0 Å². The van der Waals surface area contributed by atoms with E-state index in [4.69, 9.17) is 21.1 Å². The summed E-state index contributed by atoms with van der Waals surface area (Å²) in [6, 6.07) is 0.190. The molecule has 3 aliphatic heterocycles. The Morgan fingerprint density at radius 3 is 2.79 bits per heavy atom. The van der Waals surface area contributed by atoms with Crippen molar-refractivity contribution < 1.29 is 17.9 Å². The van der Waals surface area contributed by atoms with Crippen LogP contribution in [-0.4, -0.2) is 63.1 Å². The third-order valence-corrected chi connectivity index (χ3v) is 5.64. The maximum atomic E-state index is 11.9. The van der Waals surface area contributed by atoms with Crippen molar-refractivity contribution in [2.45, 2.75) is 32.4 Å². The van der Waals surface area contributed by atoms with Crippen molar-refractivity contribution in [1.82, 2.24) is 4.90 Å². The van der Waals surface area contributed by atoms with E-state index in [0.717, 1.165) is 5.57 Å². The lowest BCUT2D eigenvalue weighted by Gasteiger charge is -2.46. The van der Waals surface area contributed by atoms with E-state index >= 15 is 0 Å². The highest BCUT2D eigenvalue weighted by molar-refractivity contribution is 7.90. The van der Waals surface area contributed by atoms with Crippen LogP contribution in [0.15, 0.2) is 27.6 Å². The molecule has 1 unspecified atom stereocenters. The third-order valence-electron chi connectivity index (χ3n) is 4.56. The number of hydrogen-bond acceptors (Lipinski definition) is 6. The first-order valence-electron chi connectivity index (χ1n) is 8.10. The van der Waals surface area contributed by atoms with E-state index in [2.05, 4.69) is 16.8 Å². The van der Waals surface area contributed by atoms with Gasteiger partial charge in [-0.3, -0.25) is 0 Å². The smallest absolute Gasteiger partial charge is 0.173 e. The van der Waals surface area contributed by atoms with Gasteiger partial charge in [0, 0.05) is 6.26 Å². The molecule has 0 aromatic heterocycles. The predicted molar refractivity (Wildman–Crippen MR) is 93.7 cm³/mol. The van der Waals surface area contributed by atoms with Crippen LogP contribution in [-0.2, 0) is 19.3 Å². The molecule has 8 heteroatoms. The van der Waals surface area contributed by atoms with Crippen LogP contribution in [0.2, 0.25) is 0 Å². The van der Waals surface area contributed by atoms with Crippen LogP contribution in [0.3, 0.4) is 0 Å². The Bertz CT molecular complexity index is 714. The summed E-state index contributed by atoms with van der Waals surface area (Å²) in [5.74, 6) is 1.19. The molecule has 2 saturated heterocycles. The molecule has 0 aromatic carbocycles. The van der Waals surface area contributed by atoms with Crippen LogP contribution in [0.1, 0.15) is 20.3 Å². The van der Waals surface area contributed by atoms with Gasteiger partial charge in [-0.25, -0.2) is 13.4 Å². The number of rotatable bonds is 2. The minimum Gasteiger partial charge on any atom is -0.487 e. The van der Waals surface area contributed by atoms with E-state index in [1.54, 1.807) is 0 Å². The number of amidine groups is 1. The lowest BCUT2D eigenvalue weighted by atomic mass is 9.95. The quantitative estimate of drug-likeness (QED) is 0.691. The van der Waals surface area contributed by atoms with Crippen molar-refractivity contribution in [2.24, 2.45) is 10.9 Å². The molecule has 0 aliphatic carbocycles. The van der Waals surface area contributed by atoms with Gasteiger partial charge in [0.2, 0.25) is 0 Å². The van der Waals surface area contributed by atoms with E-state index in [9.17, 15) is 8.42 Å². The molecule has 3 rings (SSSR count). The zero-order valence-electron chi connectivity index (χ0n) is 14.2. The first kappa shape index (κ1) is 17.8. The topological polar surface area (TPSA) is 68.2 Å². The molecule has 3 atom stereocenters. The summed E-state index contributed by atoms with van der Waals surface area (Å²) in [4.78, 5) is 6.71. The molecule has 6 nitrogen and oxygen atoms in total. The molecule has 0 spiro atoms. The van der Waals surface area contributed by atoms with Gasteiger partial charge in [-0.05, 0) is 30.9 Å². The van der Waals surface area contributed by atoms with E-state index < -0.39 is 9.84 Å². The average Bonchev–Trinajstić information content (AvgIpc) is 2.49. The number of morpholine rings is 2. The Kier molecular flexibility index (Phi) is 4.95. The van der Waals surface area contributed by atoms with Crippen LogP contribution in [0.5, 0.6) is 0 Å². The minimum absolute atomic E-state index is 0.0156. The molecule has 134 valence electrons. The van der Waals surface area contributed by atoms with E-state index in [1.807, 2.05) is 13.0 Å². The molecule has 0 N–H and O–H groups in total. The molecule has 3 heterocycles. The van der Waals surface area contributed by atoms with E-state index in [0.29, 0.717) is 43.0 Å². The fraction of sp³-hybridized carbons (Fsp3) is 0.688. The lowest BCUT2D eigenvalue weighted by molar-refractivity contribution is -0.0434. The van der Waals surface area contributed by atoms with Gasteiger partial charge < -0.3 is 14.4 Å². The van der Waals surface area contributed by atoms with Crippen LogP contribution in [0.4, 0.5) is 0 Å². The number of fused-ring (bicyclic) bond motifs is 3. The van der Waals surface area contributed by atoms with Crippen LogP contribution in [0, 0.1) is 5.92 Å². The zero-order valence-corrected chi connectivity index (χ0v) is 15.7.